The number of benzene rings is 1. The first-order valence-electron chi connectivity index (χ1n) is 7.66. The summed E-state index contributed by atoms with van der Waals surface area (Å²) in [6.07, 6.45) is 4.42. The Labute approximate surface area is 161 Å². The minimum atomic E-state index is -0.592. The van der Waals surface area contributed by atoms with Crippen molar-refractivity contribution in [3.63, 3.8) is 0 Å². The standard InChI is InChI=1S/C17H12N4O4S2/c1-24-9-3-4-10-12(6-9)25-7-8(13(10)22)5-11-14(18)21-16(19-15(11)23)27-20-17(21)26-2/h3-7,18H,1-2H3. The van der Waals surface area contributed by atoms with Crippen molar-refractivity contribution in [3.05, 3.63) is 45.8 Å². The van der Waals surface area contributed by atoms with E-state index in [9.17, 15) is 9.59 Å². The van der Waals surface area contributed by atoms with Crippen molar-refractivity contribution in [2.75, 3.05) is 13.4 Å². The molecule has 27 heavy (non-hydrogen) atoms. The fraction of sp³-hybridized carbons (Fsp3) is 0.118. The molecule has 1 N–H and O–H groups in total. The van der Waals surface area contributed by atoms with E-state index in [-0.39, 0.29) is 22.4 Å². The highest BCUT2D eigenvalue weighted by Gasteiger charge is 2.37. The maximum absolute atomic E-state index is 12.8. The minimum Gasteiger partial charge on any atom is -0.497 e. The van der Waals surface area contributed by atoms with Crippen molar-refractivity contribution in [3.8, 4) is 5.75 Å². The fourth-order valence-electron chi connectivity index (χ4n) is 2.64. The molecule has 2 aliphatic heterocycles. The van der Waals surface area contributed by atoms with Gasteiger partial charge in [-0.15, -0.1) is 0 Å². The average Bonchev–Trinajstić information content (AvgIpc) is 3.09. The van der Waals surface area contributed by atoms with E-state index in [1.807, 2.05) is 6.26 Å². The third kappa shape index (κ3) is 2.86. The van der Waals surface area contributed by atoms with Crippen LogP contribution in [0.1, 0.15) is 5.56 Å². The number of fused-ring (bicyclic) bond motifs is 2. The lowest BCUT2D eigenvalue weighted by Gasteiger charge is -2.23. The SMILES string of the molecule is COc1ccc2c(=O)c(C=C3C(=N)N4C(SC)=NSC4=NC3=O)coc2c1. The van der Waals surface area contributed by atoms with Gasteiger partial charge in [0.1, 0.15) is 23.4 Å². The number of hydrogen-bond acceptors (Lipinski definition) is 8. The summed E-state index contributed by atoms with van der Waals surface area (Å²) in [4.78, 5) is 30.6. The Balaban J connectivity index is 1.80. The molecule has 1 aromatic carbocycles. The number of nitrogens with one attached hydrogen (secondary N) is 1. The zero-order valence-corrected chi connectivity index (χ0v) is 15.8. The predicted molar refractivity (Wildman–Crippen MR) is 108 cm³/mol. The number of hydrogen-bond donors (Lipinski definition) is 1. The number of amides is 1. The normalized spacial score (nSPS) is 18.0. The van der Waals surface area contributed by atoms with Crippen LogP contribution in [0.3, 0.4) is 0 Å². The van der Waals surface area contributed by atoms with Gasteiger partial charge in [0.25, 0.3) is 5.91 Å². The smallest absolute Gasteiger partial charge is 0.283 e. The Morgan fingerprint density at radius 1 is 1.37 bits per heavy atom. The van der Waals surface area contributed by atoms with Crippen LogP contribution in [0, 0.1) is 5.41 Å². The average molecular weight is 400 g/mol. The third-order valence-corrected chi connectivity index (χ3v) is 5.44. The van der Waals surface area contributed by atoms with Crippen LogP contribution >= 0.6 is 23.7 Å². The van der Waals surface area contributed by atoms with Crippen LogP contribution < -0.4 is 10.2 Å². The molecule has 8 nitrogen and oxygen atoms in total. The fourth-order valence-corrected chi connectivity index (χ4v) is 4.09. The van der Waals surface area contributed by atoms with Crippen molar-refractivity contribution in [1.82, 2.24) is 4.90 Å². The van der Waals surface area contributed by atoms with Gasteiger partial charge in [0.2, 0.25) is 5.17 Å². The summed E-state index contributed by atoms with van der Waals surface area (Å²) in [5.41, 5.74) is 0.230. The molecule has 0 bridgehead atoms. The number of methoxy groups -OCH3 is 1. The van der Waals surface area contributed by atoms with Crippen LogP contribution in [0.4, 0.5) is 0 Å². The van der Waals surface area contributed by atoms with Crippen molar-refractivity contribution < 1.29 is 13.9 Å². The highest BCUT2D eigenvalue weighted by atomic mass is 32.2. The lowest BCUT2D eigenvalue weighted by Crippen LogP contribution is -2.41. The van der Waals surface area contributed by atoms with Gasteiger partial charge in [0.15, 0.2) is 10.6 Å². The van der Waals surface area contributed by atoms with Gasteiger partial charge in [-0.2, -0.15) is 9.39 Å². The summed E-state index contributed by atoms with van der Waals surface area (Å²) in [6, 6.07) is 4.87. The van der Waals surface area contributed by atoms with Crippen LogP contribution in [0.25, 0.3) is 17.0 Å². The van der Waals surface area contributed by atoms with Gasteiger partial charge < -0.3 is 9.15 Å². The summed E-state index contributed by atoms with van der Waals surface area (Å²) in [5.74, 6) is -0.0962. The Morgan fingerprint density at radius 2 is 2.19 bits per heavy atom. The van der Waals surface area contributed by atoms with E-state index in [2.05, 4.69) is 9.39 Å². The number of carbonyl (C=O) groups excluding carboxylic acids is 1. The van der Waals surface area contributed by atoms with Gasteiger partial charge in [-0.25, -0.2) is 4.90 Å². The first kappa shape index (κ1) is 17.6. The van der Waals surface area contributed by atoms with E-state index in [4.69, 9.17) is 14.6 Å². The molecule has 0 radical (unpaired) electrons. The van der Waals surface area contributed by atoms with Crippen molar-refractivity contribution in [2.24, 2.45) is 9.39 Å². The van der Waals surface area contributed by atoms with Crippen molar-refractivity contribution in [2.45, 2.75) is 0 Å². The highest BCUT2D eigenvalue weighted by Crippen LogP contribution is 2.31. The molecule has 0 atom stereocenters. The predicted octanol–water partition coefficient (Wildman–Crippen LogP) is 2.74. The van der Waals surface area contributed by atoms with E-state index >= 15 is 0 Å². The molecule has 0 unspecified atom stereocenters. The van der Waals surface area contributed by atoms with Crippen LogP contribution in [0.2, 0.25) is 0 Å². The van der Waals surface area contributed by atoms with E-state index in [1.165, 1.54) is 36.1 Å². The van der Waals surface area contributed by atoms with Crippen molar-refractivity contribution >= 4 is 62.8 Å². The summed E-state index contributed by atoms with van der Waals surface area (Å²) >= 11 is 2.39. The molecule has 0 saturated carbocycles. The molecule has 136 valence electrons. The van der Waals surface area contributed by atoms with E-state index < -0.39 is 5.91 Å². The molecule has 0 saturated heterocycles. The monoisotopic (exact) mass is 400 g/mol. The van der Waals surface area contributed by atoms with Gasteiger partial charge in [-0.3, -0.25) is 15.0 Å². The number of aliphatic imine (C=N–C) groups is 1. The van der Waals surface area contributed by atoms with Gasteiger partial charge in [0, 0.05) is 6.07 Å². The Bertz CT molecular complexity index is 1150. The zero-order chi connectivity index (χ0) is 19.1. The van der Waals surface area contributed by atoms with Gasteiger partial charge in [-0.05, 0) is 24.5 Å². The topological polar surface area (TPSA) is 108 Å². The lowest BCUT2D eigenvalue weighted by molar-refractivity contribution is -0.114. The third-order valence-electron chi connectivity index (χ3n) is 3.99. The number of carbonyl (C=O) groups is 1. The molecule has 10 heteroatoms. The quantitative estimate of drug-likeness (QED) is 0.610. The van der Waals surface area contributed by atoms with Crippen LogP contribution in [-0.2, 0) is 4.79 Å². The van der Waals surface area contributed by atoms with Crippen molar-refractivity contribution in [1.29, 1.82) is 5.41 Å². The molecule has 2 aliphatic rings. The zero-order valence-electron chi connectivity index (χ0n) is 14.2. The first-order valence-corrected chi connectivity index (χ1v) is 9.65. The van der Waals surface area contributed by atoms with Crippen LogP contribution in [0.5, 0.6) is 5.75 Å². The summed E-state index contributed by atoms with van der Waals surface area (Å²) in [5, 5.41) is 9.62. The molecule has 4 rings (SSSR count). The molecule has 0 aliphatic carbocycles. The molecule has 1 aromatic heterocycles. The van der Waals surface area contributed by atoms with Crippen LogP contribution in [0.15, 0.2) is 48.6 Å². The Morgan fingerprint density at radius 3 is 2.93 bits per heavy atom. The molecule has 3 heterocycles. The number of amidine groups is 3. The molecule has 0 spiro atoms. The maximum atomic E-state index is 12.8. The molecular weight excluding hydrogens is 388 g/mol. The second-order valence-corrected chi connectivity index (χ2v) is 7.00. The highest BCUT2D eigenvalue weighted by molar-refractivity contribution is 8.18. The van der Waals surface area contributed by atoms with Gasteiger partial charge >= 0.3 is 0 Å². The summed E-state index contributed by atoms with van der Waals surface area (Å²) in [6.45, 7) is 0. The molecule has 2 aromatic rings. The number of thioether (sulfide) groups is 1. The van der Waals surface area contributed by atoms with E-state index in [1.54, 1.807) is 18.2 Å². The number of nitrogens with zero attached hydrogens (tertiary/aromatic N) is 3. The maximum Gasteiger partial charge on any atom is 0.283 e. The van der Waals surface area contributed by atoms with E-state index in [0.29, 0.717) is 27.1 Å². The number of ether oxygens (including phenoxy) is 1. The summed E-state index contributed by atoms with van der Waals surface area (Å²) in [7, 11) is 1.52. The number of rotatable bonds is 2. The minimum absolute atomic E-state index is 0.00293. The van der Waals surface area contributed by atoms with Gasteiger partial charge in [-0.1, -0.05) is 11.8 Å². The molecule has 0 fully saturated rings. The first-order chi connectivity index (χ1) is 13.0. The lowest BCUT2D eigenvalue weighted by atomic mass is 10.1. The molecular formula is C17H12N4O4S2. The van der Waals surface area contributed by atoms with Gasteiger partial charge in [0.05, 0.1) is 35.6 Å². The Hall–Kier alpha value is -2.85. The van der Waals surface area contributed by atoms with Crippen LogP contribution in [-0.4, -0.2) is 40.3 Å². The second kappa shape index (κ2) is 6.71. The largest absolute Gasteiger partial charge is 0.497 e. The summed E-state index contributed by atoms with van der Waals surface area (Å²) < 4.78 is 14.8. The Kier molecular flexibility index (Phi) is 4.36. The molecule has 1 amide bonds. The van der Waals surface area contributed by atoms with E-state index in [0.717, 1.165) is 11.9 Å². The second-order valence-electron chi connectivity index (χ2n) is 5.49.